The van der Waals surface area contributed by atoms with Crippen molar-refractivity contribution in [1.29, 1.82) is 0 Å². The SMILES string of the molecule is CN(C)C(=O)CN=C(NCC1CCCCC1)NC1CCCCC1. The summed E-state index contributed by atoms with van der Waals surface area (Å²) < 4.78 is 0. The maximum Gasteiger partial charge on any atom is 0.243 e. The Labute approximate surface area is 141 Å². The van der Waals surface area contributed by atoms with E-state index < -0.39 is 0 Å². The normalized spacial score (nSPS) is 21.0. The number of rotatable bonds is 5. The van der Waals surface area contributed by atoms with Crippen LogP contribution in [0.5, 0.6) is 0 Å². The summed E-state index contributed by atoms with van der Waals surface area (Å²) in [5, 5.41) is 7.06. The van der Waals surface area contributed by atoms with Gasteiger partial charge in [-0.05, 0) is 31.6 Å². The van der Waals surface area contributed by atoms with Gasteiger partial charge in [-0.2, -0.15) is 0 Å². The minimum absolute atomic E-state index is 0.0485. The molecule has 0 aliphatic heterocycles. The van der Waals surface area contributed by atoms with Crippen LogP contribution in [0.4, 0.5) is 0 Å². The van der Waals surface area contributed by atoms with Crippen molar-refractivity contribution in [2.24, 2.45) is 10.9 Å². The second-order valence-electron chi connectivity index (χ2n) is 7.32. The molecule has 0 spiro atoms. The highest BCUT2D eigenvalue weighted by atomic mass is 16.2. The van der Waals surface area contributed by atoms with Crippen LogP contribution < -0.4 is 10.6 Å². The minimum atomic E-state index is 0.0485. The third kappa shape index (κ3) is 6.80. The molecule has 0 atom stereocenters. The molecule has 0 bridgehead atoms. The summed E-state index contributed by atoms with van der Waals surface area (Å²) in [5.74, 6) is 1.64. The van der Waals surface area contributed by atoms with Crippen molar-refractivity contribution in [3.05, 3.63) is 0 Å². The van der Waals surface area contributed by atoms with Crippen LogP contribution in [0.15, 0.2) is 4.99 Å². The lowest BCUT2D eigenvalue weighted by Crippen LogP contribution is -2.46. The molecule has 0 unspecified atom stereocenters. The molecular weight excluding hydrogens is 288 g/mol. The van der Waals surface area contributed by atoms with Crippen molar-refractivity contribution in [3.8, 4) is 0 Å². The van der Waals surface area contributed by atoms with Crippen molar-refractivity contribution in [1.82, 2.24) is 15.5 Å². The number of hydrogen-bond acceptors (Lipinski definition) is 2. The fourth-order valence-electron chi connectivity index (χ4n) is 3.51. The van der Waals surface area contributed by atoms with Crippen molar-refractivity contribution in [3.63, 3.8) is 0 Å². The molecule has 2 aliphatic rings. The number of hydrogen-bond donors (Lipinski definition) is 2. The Kier molecular flexibility index (Phi) is 7.69. The lowest BCUT2D eigenvalue weighted by atomic mass is 9.89. The van der Waals surface area contributed by atoms with Gasteiger partial charge in [0, 0.05) is 26.7 Å². The van der Waals surface area contributed by atoms with Gasteiger partial charge >= 0.3 is 0 Å². The van der Waals surface area contributed by atoms with E-state index in [4.69, 9.17) is 0 Å². The molecule has 0 heterocycles. The molecule has 0 saturated heterocycles. The number of aliphatic imine (C=N–C) groups is 1. The van der Waals surface area contributed by atoms with E-state index in [-0.39, 0.29) is 12.5 Å². The predicted octanol–water partition coefficient (Wildman–Crippen LogP) is 2.52. The van der Waals surface area contributed by atoms with Crippen molar-refractivity contribution in [2.75, 3.05) is 27.2 Å². The standard InChI is InChI=1S/C18H34N4O/c1-22(2)17(23)14-20-18(21-16-11-7-4-8-12-16)19-13-15-9-5-3-6-10-15/h15-16H,3-14H2,1-2H3,(H2,19,20,21). The average molecular weight is 322 g/mol. The first-order chi connectivity index (χ1) is 11.1. The molecule has 2 fully saturated rings. The summed E-state index contributed by atoms with van der Waals surface area (Å²) >= 11 is 0. The van der Waals surface area contributed by atoms with Gasteiger partial charge in [0.2, 0.25) is 5.91 Å². The number of carbonyl (C=O) groups excluding carboxylic acids is 1. The van der Waals surface area contributed by atoms with Crippen molar-refractivity contribution in [2.45, 2.75) is 70.3 Å². The van der Waals surface area contributed by atoms with Gasteiger partial charge in [0.15, 0.2) is 5.96 Å². The highest BCUT2D eigenvalue weighted by Crippen LogP contribution is 2.22. The monoisotopic (exact) mass is 322 g/mol. The van der Waals surface area contributed by atoms with E-state index in [1.807, 2.05) is 0 Å². The van der Waals surface area contributed by atoms with Crippen molar-refractivity contribution >= 4 is 11.9 Å². The summed E-state index contributed by atoms with van der Waals surface area (Å²) in [5.41, 5.74) is 0. The molecule has 2 N–H and O–H groups in total. The fourth-order valence-corrected chi connectivity index (χ4v) is 3.51. The summed E-state index contributed by atoms with van der Waals surface area (Å²) in [7, 11) is 3.56. The Morgan fingerprint density at radius 3 is 2.22 bits per heavy atom. The number of likely N-dealkylation sites (N-methyl/N-ethyl adjacent to an activating group) is 1. The van der Waals surface area contributed by atoms with Crippen LogP contribution in [-0.2, 0) is 4.79 Å². The Balaban J connectivity index is 1.86. The smallest absolute Gasteiger partial charge is 0.243 e. The number of carbonyl (C=O) groups is 1. The second-order valence-corrected chi connectivity index (χ2v) is 7.32. The Hall–Kier alpha value is -1.26. The van der Waals surface area contributed by atoms with E-state index in [9.17, 15) is 4.79 Å². The Bertz CT molecular complexity index is 382. The van der Waals surface area contributed by atoms with E-state index >= 15 is 0 Å². The molecule has 2 aliphatic carbocycles. The molecule has 23 heavy (non-hydrogen) atoms. The van der Waals surface area contributed by atoms with Gasteiger partial charge in [0.05, 0.1) is 0 Å². The van der Waals surface area contributed by atoms with Crippen LogP contribution in [-0.4, -0.2) is 50.0 Å². The molecule has 0 radical (unpaired) electrons. The maximum absolute atomic E-state index is 11.8. The van der Waals surface area contributed by atoms with E-state index in [0.29, 0.717) is 6.04 Å². The molecule has 2 rings (SSSR count). The van der Waals surface area contributed by atoms with E-state index in [1.54, 1.807) is 19.0 Å². The first-order valence-electron chi connectivity index (χ1n) is 9.40. The molecule has 5 nitrogen and oxygen atoms in total. The largest absolute Gasteiger partial charge is 0.356 e. The zero-order valence-electron chi connectivity index (χ0n) is 14.9. The Morgan fingerprint density at radius 1 is 1.00 bits per heavy atom. The third-order valence-corrected chi connectivity index (χ3v) is 5.10. The number of nitrogens with zero attached hydrogens (tertiary/aromatic N) is 2. The number of guanidine groups is 1. The maximum atomic E-state index is 11.8. The van der Waals surface area contributed by atoms with Gasteiger partial charge in [0.25, 0.3) is 0 Å². The summed E-state index contributed by atoms with van der Waals surface area (Å²) in [6.07, 6.45) is 13.1. The van der Waals surface area contributed by atoms with Crippen LogP contribution >= 0.6 is 0 Å². The van der Waals surface area contributed by atoms with Crippen LogP contribution in [0.3, 0.4) is 0 Å². The highest BCUT2D eigenvalue weighted by Gasteiger charge is 2.17. The molecule has 5 heteroatoms. The topological polar surface area (TPSA) is 56.7 Å². The van der Waals surface area contributed by atoms with Crippen LogP contribution in [0.2, 0.25) is 0 Å². The van der Waals surface area contributed by atoms with Crippen LogP contribution in [0.1, 0.15) is 64.2 Å². The summed E-state index contributed by atoms with van der Waals surface area (Å²) in [6, 6.07) is 0.510. The van der Waals surface area contributed by atoms with Crippen LogP contribution in [0.25, 0.3) is 0 Å². The number of nitrogens with one attached hydrogen (secondary N) is 2. The third-order valence-electron chi connectivity index (χ3n) is 5.10. The lowest BCUT2D eigenvalue weighted by Gasteiger charge is -2.27. The predicted molar refractivity (Wildman–Crippen MR) is 95.6 cm³/mol. The molecule has 132 valence electrons. The molecule has 0 aromatic carbocycles. The van der Waals surface area contributed by atoms with Gasteiger partial charge in [-0.15, -0.1) is 0 Å². The first-order valence-corrected chi connectivity index (χ1v) is 9.40. The minimum Gasteiger partial charge on any atom is -0.356 e. The highest BCUT2D eigenvalue weighted by molar-refractivity contribution is 5.84. The second kappa shape index (κ2) is 9.78. The summed E-state index contributed by atoms with van der Waals surface area (Å²) in [4.78, 5) is 17.9. The van der Waals surface area contributed by atoms with Gasteiger partial charge in [-0.1, -0.05) is 38.5 Å². The van der Waals surface area contributed by atoms with E-state index in [0.717, 1.165) is 18.4 Å². The summed E-state index contributed by atoms with van der Waals surface area (Å²) in [6.45, 7) is 1.20. The molecular formula is C18H34N4O. The number of amides is 1. The zero-order valence-corrected chi connectivity index (χ0v) is 14.9. The quantitative estimate of drug-likeness (QED) is 0.604. The van der Waals surface area contributed by atoms with Gasteiger partial charge in [0.1, 0.15) is 6.54 Å². The molecule has 2 saturated carbocycles. The van der Waals surface area contributed by atoms with E-state index in [2.05, 4.69) is 15.6 Å². The zero-order chi connectivity index (χ0) is 16.5. The molecule has 0 aromatic heterocycles. The van der Waals surface area contributed by atoms with Crippen molar-refractivity contribution < 1.29 is 4.79 Å². The Morgan fingerprint density at radius 2 is 1.61 bits per heavy atom. The van der Waals surface area contributed by atoms with E-state index in [1.165, 1.54) is 64.2 Å². The lowest BCUT2D eigenvalue weighted by molar-refractivity contribution is -0.127. The fraction of sp³-hybridized carbons (Fsp3) is 0.889. The first kappa shape index (κ1) is 18.1. The van der Waals surface area contributed by atoms with Crippen LogP contribution in [0, 0.1) is 5.92 Å². The average Bonchev–Trinajstić information content (AvgIpc) is 2.58. The van der Waals surface area contributed by atoms with Gasteiger partial charge in [-0.25, -0.2) is 4.99 Å². The van der Waals surface area contributed by atoms with Gasteiger partial charge < -0.3 is 15.5 Å². The van der Waals surface area contributed by atoms with Gasteiger partial charge in [-0.3, -0.25) is 4.79 Å². The molecule has 1 amide bonds. The molecule has 0 aromatic rings.